The minimum Gasteiger partial charge on any atom is -0.310 e. The molecule has 0 spiro atoms. The lowest BCUT2D eigenvalue weighted by molar-refractivity contribution is -0.125. The third kappa shape index (κ3) is 2.49. The number of amides is 1. The van der Waals surface area contributed by atoms with E-state index in [-0.39, 0.29) is 23.9 Å². The summed E-state index contributed by atoms with van der Waals surface area (Å²) >= 11 is 0. The molecule has 2 heterocycles. The molecule has 1 saturated heterocycles. The Balaban J connectivity index is 0.00000133. The molecule has 0 aromatic heterocycles. The molecule has 2 aliphatic heterocycles. The molecule has 1 N–H and O–H groups in total. The number of fused-ring (bicyclic) bond motifs is 1. The van der Waals surface area contributed by atoms with Gasteiger partial charge in [0.2, 0.25) is 5.91 Å². The average Bonchev–Trinajstić information content (AvgIpc) is 2.82. The first kappa shape index (κ1) is 14.4. The van der Waals surface area contributed by atoms with Crippen LogP contribution in [0.25, 0.3) is 0 Å². The summed E-state index contributed by atoms with van der Waals surface area (Å²) in [6.07, 6.45) is 4.26. The molecule has 2 aliphatic rings. The van der Waals surface area contributed by atoms with Crippen molar-refractivity contribution in [3.63, 3.8) is 0 Å². The van der Waals surface area contributed by atoms with Crippen LogP contribution in [-0.2, 0) is 11.2 Å². The van der Waals surface area contributed by atoms with E-state index in [1.54, 1.807) is 0 Å². The number of halogens is 1. The summed E-state index contributed by atoms with van der Waals surface area (Å²) in [4.78, 5) is 14.7. The van der Waals surface area contributed by atoms with E-state index in [0.717, 1.165) is 38.0 Å². The molecule has 1 aromatic carbocycles. The van der Waals surface area contributed by atoms with Crippen LogP contribution in [0, 0.1) is 0 Å². The molecule has 3 rings (SSSR count). The molecule has 1 fully saturated rings. The van der Waals surface area contributed by atoms with E-state index in [2.05, 4.69) is 24.4 Å². The van der Waals surface area contributed by atoms with Crippen LogP contribution in [0.3, 0.4) is 0 Å². The van der Waals surface area contributed by atoms with Gasteiger partial charge >= 0.3 is 0 Å². The number of anilines is 1. The van der Waals surface area contributed by atoms with Gasteiger partial charge < -0.3 is 10.2 Å². The predicted molar refractivity (Wildman–Crippen MR) is 80.0 cm³/mol. The summed E-state index contributed by atoms with van der Waals surface area (Å²) in [5.41, 5.74) is 2.04. The summed E-state index contributed by atoms with van der Waals surface area (Å²) in [7, 11) is 0. The van der Waals surface area contributed by atoms with Gasteiger partial charge in [0.15, 0.2) is 0 Å². The van der Waals surface area contributed by atoms with Crippen LogP contribution in [0.1, 0.15) is 31.7 Å². The number of carbonyl (C=O) groups is 1. The van der Waals surface area contributed by atoms with Crippen molar-refractivity contribution in [2.45, 2.75) is 38.1 Å². The van der Waals surface area contributed by atoms with Crippen LogP contribution in [0.4, 0.5) is 5.69 Å². The molecule has 0 bridgehead atoms. The lowest BCUT2D eigenvalue weighted by Crippen LogP contribution is -2.57. The van der Waals surface area contributed by atoms with E-state index in [4.69, 9.17) is 0 Å². The molecule has 1 atom stereocenters. The first-order valence-corrected chi connectivity index (χ1v) is 6.86. The highest BCUT2D eigenvalue weighted by Crippen LogP contribution is 2.31. The number of piperidine rings is 1. The van der Waals surface area contributed by atoms with E-state index >= 15 is 0 Å². The Morgan fingerprint density at radius 1 is 1.32 bits per heavy atom. The van der Waals surface area contributed by atoms with E-state index in [1.807, 2.05) is 17.0 Å². The van der Waals surface area contributed by atoms with Gasteiger partial charge in [-0.2, -0.15) is 0 Å². The molecule has 1 unspecified atom stereocenters. The molecule has 0 saturated carbocycles. The van der Waals surface area contributed by atoms with Gasteiger partial charge in [-0.15, -0.1) is 12.4 Å². The second-order valence-electron chi connectivity index (χ2n) is 5.55. The number of rotatable bonds is 1. The molecule has 1 amide bonds. The van der Waals surface area contributed by atoms with Gasteiger partial charge in [0.25, 0.3) is 0 Å². The number of hydrogen-bond donors (Lipinski definition) is 1. The Morgan fingerprint density at radius 2 is 2.11 bits per heavy atom. The van der Waals surface area contributed by atoms with Crippen LogP contribution in [0.2, 0.25) is 0 Å². The van der Waals surface area contributed by atoms with Gasteiger partial charge in [0, 0.05) is 12.2 Å². The lowest BCUT2D eigenvalue weighted by atomic mass is 9.89. The highest BCUT2D eigenvalue weighted by Gasteiger charge is 2.39. The Kier molecular flexibility index (Phi) is 4.16. The zero-order valence-corrected chi connectivity index (χ0v) is 12.1. The predicted octanol–water partition coefficient (Wildman–Crippen LogP) is 2.53. The van der Waals surface area contributed by atoms with Crippen molar-refractivity contribution in [3.8, 4) is 0 Å². The number of hydrogen-bond acceptors (Lipinski definition) is 2. The molecule has 1 aromatic rings. The first-order chi connectivity index (χ1) is 8.71. The summed E-state index contributed by atoms with van der Waals surface area (Å²) in [6, 6.07) is 8.25. The Bertz CT molecular complexity index is 469. The summed E-state index contributed by atoms with van der Waals surface area (Å²) < 4.78 is 0. The molecule has 104 valence electrons. The standard InChI is InChI=1S/C15H20N2O.ClH/c1-15(9-4-5-10-16-15)14(18)17-11-8-12-6-2-3-7-13(12)17;/h2-3,6-7,16H,4-5,8-11H2,1H3;1H. The monoisotopic (exact) mass is 280 g/mol. The Labute approximate surface area is 120 Å². The fourth-order valence-electron chi connectivity index (χ4n) is 3.09. The van der Waals surface area contributed by atoms with Crippen molar-refractivity contribution in [1.82, 2.24) is 5.32 Å². The van der Waals surface area contributed by atoms with Crippen LogP contribution in [0.15, 0.2) is 24.3 Å². The molecule has 4 heteroatoms. The molecule has 19 heavy (non-hydrogen) atoms. The smallest absolute Gasteiger partial charge is 0.247 e. The largest absolute Gasteiger partial charge is 0.310 e. The maximum absolute atomic E-state index is 12.7. The van der Waals surface area contributed by atoms with E-state index in [1.165, 1.54) is 12.0 Å². The maximum atomic E-state index is 12.7. The van der Waals surface area contributed by atoms with Gasteiger partial charge in [0.1, 0.15) is 0 Å². The van der Waals surface area contributed by atoms with E-state index in [0.29, 0.717) is 0 Å². The van der Waals surface area contributed by atoms with Gasteiger partial charge in [-0.05, 0) is 50.8 Å². The van der Waals surface area contributed by atoms with Crippen molar-refractivity contribution >= 4 is 24.0 Å². The van der Waals surface area contributed by atoms with Gasteiger partial charge in [-0.1, -0.05) is 18.2 Å². The number of nitrogens with one attached hydrogen (secondary N) is 1. The van der Waals surface area contributed by atoms with Gasteiger partial charge in [-0.3, -0.25) is 4.79 Å². The van der Waals surface area contributed by atoms with Crippen molar-refractivity contribution in [2.24, 2.45) is 0 Å². The molecule has 0 aliphatic carbocycles. The second kappa shape index (κ2) is 5.51. The third-order valence-electron chi connectivity index (χ3n) is 4.22. The Hall–Kier alpha value is -1.06. The molecular formula is C15H21ClN2O. The zero-order valence-electron chi connectivity index (χ0n) is 11.3. The van der Waals surface area contributed by atoms with Crippen molar-refractivity contribution < 1.29 is 4.79 Å². The normalized spacial score (nSPS) is 25.6. The van der Waals surface area contributed by atoms with Crippen LogP contribution < -0.4 is 10.2 Å². The highest BCUT2D eigenvalue weighted by molar-refractivity contribution is 6.01. The summed E-state index contributed by atoms with van der Waals surface area (Å²) in [5, 5.41) is 3.41. The maximum Gasteiger partial charge on any atom is 0.247 e. The first-order valence-electron chi connectivity index (χ1n) is 6.86. The summed E-state index contributed by atoms with van der Waals surface area (Å²) in [5.74, 6) is 0.243. The topological polar surface area (TPSA) is 32.3 Å². The molecule has 3 nitrogen and oxygen atoms in total. The van der Waals surface area contributed by atoms with Crippen LogP contribution >= 0.6 is 12.4 Å². The number of benzene rings is 1. The minimum atomic E-state index is -0.365. The number of nitrogens with zero attached hydrogens (tertiary/aromatic N) is 1. The fourth-order valence-corrected chi connectivity index (χ4v) is 3.09. The van der Waals surface area contributed by atoms with Crippen molar-refractivity contribution in [2.75, 3.05) is 18.0 Å². The fraction of sp³-hybridized carbons (Fsp3) is 0.533. The van der Waals surface area contributed by atoms with Crippen LogP contribution in [-0.4, -0.2) is 24.5 Å². The number of carbonyl (C=O) groups excluding carboxylic acids is 1. The van der Waals surface area contributed by atoms with E-state index in [9.17, 15) is 4.79 Å². The molecular weight excluding hydrogens is 260 g/mol. The second-order valence-corrected chi connectivity index (χ2v) is 5.55. The summed E-state index contributed by atoms with van der Waals surface area (Å²) in [6.45, 7) is 3.84. The lowest BCUT2D eigenvalue weighted by Gasteiger charge is -2.36. The number of para-hydroxylation sites is 1. The van der Waals surface area contributed by atoms with Gasteiger partial charge in [0.05, 0.1) is 5.54 Å². The van der Waals surface area contributed by atoms with Crippen molar-refractivity contribution in [3.05, 3.63) is 29.8 Å². The Morgan fingerprint density at radius 3 is 2.84 bits per heavy atom. The van der Waals surface area contributed by atoms with Crippen molar-refractivity contribution in [1.29, 1.82) is 0 Å². The zero-order chi connectivity index (χ0) is 12.6. The van der Waals surface area contributed by atoms with E-state index < -0.39 is 0 Å². The average molecular weight is 281 g/mol. The van der Waals surface area contributed by atoms with Gasteiger partial charge in [-0.25, -0.2) is 0 Å². The quantitative estimate of drug-likeness (QED) is 0.857. The molecule has 0 radical (unpaired) electrons. The highest BCUT2D eigenvalue weighted by atomic mass is 35.5. The minimum absolute atomic E-state index is 0. The third-order valence-corrected chi connectivity index (χ3v) is 4.22. The SMILES string of the molecule is CC1(C(=O)N2CCc3ccccc32)CCCCN1.Cl. The van der Waals surface area contributed by atoms with Crippen LogP contribution in [0.5, 0.6) is 0 Å².